The van der Waals surface area contributed by atoms with E-state index in [1.165, 1.54) is 184 Å². The fraction of sp³-hybridized carbons (Fsp3) is 0. The average molecular weight is 1270 g/mol. The zero-order chi connectivity index (χ0) is 59.6. The van der Waals surface area contributed by atoms with Gasteiger partial charge in [-0.2, -0.15) is 0 Å². The summed E-state index contributed by atoms with van der Waals surface area (Å²) >= 11 is 2.39. The highest BCUT2D eigenvalue weighted by Gasteiger charge is 2.22. The summed E-state index contributed by atoms with van der Waals surface area (Å²) in [5.74, 6) is 0. The maximum atomic E-state index is 3.52. The van der Waals surface area contributed by atoms with Crippen LogP contribution >= 0.6 is 22.6 Å². The minimum absolute atomic E-state index is 1.18. The second kappa shape index (κ2) is 19.3. The first-order valence-electron chi connectivity index (χ1n) is 31.1. The van der Waals surface area contributed by atoms with Gasteiger partial charge >= 0.3 is 0 Å². The molecule has 8 heterocycles. The first kappa shape index (κ1) is 50.6. The summed E-state index contributed by atoms with van der Waals surface area (Å²) in [6.07, 6.45) is 0. The second-order valence-electron chi connectivity index (χ2n) is 24.2. The van der Waals surface area contributed by atoms with E-state index in [9.17, 15) is 0 Å². The summed E-state index contributed by atoms with van der Waals surface area (Å²) in [4.78, 5) is 3.52. The molecule has 0 saturated heterocycles. The molecular weight excluding hydrogens is 1220 g/mol. The van der Waals surface area contributed by atoms with Crippen LogP contribution in [0.1, 0.15) is 0 Å². The average Bonchev–Trinajstić information content (AvgIpc) is 1.58. The summed E-state index contributed by atoms with van der Waals surface area (Å²) in [5.41, 5.74) is 21.1. The highest BCUT2D eigenvalue weighted by Crippen LogP contribution is 2.44. The molecule has 0 unspecified atom stereocenters. The number of aromatic nitrogens is 6. The molecule has 0 atom stereocenters. The van der Waals surface area contributed by atoms with E-state index >= 15 is 0 Å². The van der Waals surface area contributed by atoms with Gasteiger partial charge in [-0.25, -0.2) is 0 Å². The van der Waals surface area contributed by atoms with E-state index in [1.54, 1.807) is 0 Å². The summed E-state index contributed by atoms with van der Waals surface area (Å²) in [6.45, 7) is 0. The van der Waals surface area contributed by atoms with Crippen molar-refractivity contribution in [2.75, 3.05) is 0 Å². The van der Waals surface area contributed by atoms with Gasteiger partial charge < -0.3 is 27.5 Å². The van der Waals surface area contributed by atoms with Crippen LogP contribution < -0.4 is 0 Å². The summed E-state index contributed by atoms with van der Waals surface area (Å²) < 4.78 is 13.4. The van der Waals surface area contributed by atoms with Gasteiger partial charge in [0.2, 0.25) is 0 Å². The van der Waals surface area contributed by atoms with Gasteiger partial charge in [0.15, 0.2) is 0 Å². The van der Waals surface area contributed by atoms with Gasteiger partial charge in [-0.1, -0.05) is 182 Å². The highest BCUT2D eigenvalue weighted by molar-refractivity contribution is 14.1. The van der Waals surface area contributed by atoms with Crippen LogP contribution in [0.2, 0.25) is 0 Å². The first-order valence-corrected chi connectivity index (χ1v) is 32.2. The number of halogens is 1. The van der Waals surface area contributed by atoms with E-state index in [4.69, 9.17) is 0 Å². The number of nitrogens with zero attached hydrogens (tertiary/aromatic N) is 5. The molecule has 14 aromatic carbocycles. The molecular formula is C84H51IN6. The zero-order valence-corrected chi connectivity index (χ0v) is 51.1. The molecule has 0 spiro atoms. The van der Waals surface area contributed by atoms with Gasteiger partial charge in [0.1, 0.15) is 0 Å². The smallest absolute Gasteiger partial charge is 0.0620 e. The highest BCUT2D eigenvalue weighted by atomic mass is 127. The Morgan fingerprint density at radius 1 is 0.198 bits per heavy atom. The number of rotatable bonds is 3. The maximum Gasteiger partial charge on any atom is 0.0620 e. The van der Waals surface area contributed by atoms with E-state index in [1.807, 2.05) is 0 Å². The van der Waals surface area contributed by atoms with Gasteiger partial charge in [0, 0.05) is 118 Å². The SMILES string of the molecule is Ic1ccc2c(c1)c1cccc3c4ccccc4n2c31.c1ccc2c(c1)[nH]c1ccc(-n3c4ccccc4c4ccccc43)cc12.c1ccc2c(c1)c1ccccc1n2-c1ccc2c(c1)c1ccccc1n2-c1ccc2c(c1)c1cccc3c4ccccc4n2c31. The molecule has 91 heavy (non-hydrogen) atoms. The summed E-state index contributed by atoms with van der Waals surface area (Å²) in [5, 5.41) is 20.8. The molecule has 22 aromatic rings. The number of nitrogens with one attached hydrogen (secondary N) is 1. The van der Waals surface area contributed by atoms with Crippen LogP contribution in [0.15, 0.2) is 303 Å². The number of aromatic amines is 1. The first-order chi connectivity index (χ1) is 45.1. The summed E-state index contributed by atoms with van der Waals surface area (Å²) in [7, 11) is 0. The van der Waals surface area contributed by atoms with E-state index in [0.29, 0.717) is 0 Å². The van der Waals surface area contributed by atoms with Crippen molar-refractivity contribution in [1.82, 2.24) is 27.5 Å². The van der Waals surface area contributed by atoms with Crippen molar-refractivity contribution in [3.63, 3.8) is 0 Å². The Labute approximate surface area is 533 Å². The molecule has 8 aromatic heterocycles. The van der Waals surface area contributed by atoms with E-state index in [-0.39, 0.29) is 0 Å². The van der Waals surface area contributed by atoms with Gasteiger partial charge in [-0.3, -0.25) is 0 Å². The van der Waals surface area contributed by atoms with E-state index in [0.717, 1.165) is 0 Å². The number of benzene rings is 14. The second-order valence-corrected chi connectivity index (χ2v) is 25.4. The van der Waals surface area contributed by atoms with Crippen molar-refractivity contribution >= 4 is 186 Å². The Morgan fingerprint density at radius 2 is 0.473 bits per heavy atom. The van der Waals surface area contributed by atoms with Crippen molar-refractivity contribution < 1.29 is 0 Å². The monoisotopic (exact) mass is 1270 g/mol. The van der Waals surface area contributed by atoms with Crippen molar-refractivity contribution in [3.8, 4) is 17.1 Å². The van der Waals surface area contributed by atoms with Crippen molar-refractivity contribution in [3.05, 3.63) is 307 Å². The largest absolute Gasteiger partial charge is 0.355 e. The number of para-hydroxylation sites is 10. The van der Waals surface area contributed by atoms with Gasteiger partial charge in [0.25, 0.3) is 0 Å². The van der Waals surface area contributed by atoms with Crippen molar-refractivity contribution in [2.24, 2.45) is 0 Å². The number of hydrogen-bond donors (Lipinski definition) is 1. The number of H-pyrrole nitrogens is 1. The van der Waals surface area contributed by atoms with Crippen LogP contribution in [0.3, 0.4) is 0 Å². The van der Waals surface area contributed by atoms with Crippen LogP contribution in [0, 0.1) is 3.57 Å². The van der Waals surface area contributed by atoms with Crippen molar-refractivity contribution in [1.29, 1.82) is 0 Å². The predicted octanol–water partition coefficient (Wildman–Crippen LogP) is 22.9. The van der Waals surface area contributed by atoms with Gasteiger partial charge in [-0.15, -0.1) is 0 Å². The Morgan fingerprint density at radius 3 is 0.934 bits per heavy atom. The lowest BCUT2D eigenvalue weighted by Crippen LogP contribution is -1.96. The lowest BCUT2D eigenvalue weighted by Gasteiger charge is -2.11. The molecule has 0 bridgehead atoms. The third-order valence-corrected chi connectivity index (χ3v) is 20.1. The Kier molecular flexibility index (Phi) is 10.7. The van der Waals surface area contributed by atoms with Gasteiger partial charge in [-0.05, 0) is 144 Å². The van der Waals surface area contributed by atoms with Crippen LogP contribution in [0.5, 0.6) is 0 Å². The normalized spacial score (nSPS) is 12.2. The Balaban J connectivity index is 0.000000105. The minimum Gasteiger partial charge on any atom is -0.355 e. The molecule has 7 heteroatoms. The molecule has 0 radical (unpaired) electrons. The number of fused-ring (bicyclic) bond motifs is 24. The third kappa shape index (κ3) is 7.23. The quantitative estimate of drug-likeness (QED) is 0.171. The standard InChI is InChI=1S/C42H25N3.C24H16N2.C18H10IN/c1-5-16-36-28(10-1)29-11-2-6-17-37(29)43(36)26-20-22-40-34(24-26)31-13-4-7-18-38(31)44(40)27-21-23-41-35(25-27)33-15-9-14-32-30-12-3-8-19-39(30)45(41)42(32)33;1-4-10-21-17(7-1)20-15-16(13-14-22(20)25-21)26-23-11-5-2-8-18(23)19-9-3-6-12-24(19)26;19-11-8-9-17-15(10-11)14-6-3-5-13-12-4-1-2-7-16(12)20(17)18(13)14/h1-25H;1-15,25H;1-10H. The van der Waals surface area contributed by atoms with Crippen LogP contribution in [-0.4, -0.2) is 27.5 Å². The molecule has 0 fully saturated rings. The molecule has 0 aliphatic carbocycles. The van der Waals surface area contributed by atoms with Crippen molar-refractivity contribution in [2.45, 2.75) is 0 Å². The zero-order valence-electron chi connectivity index (χ0n) is 49.0. The third-order valence-electron chi connectivity index (χ3n) is 19.5. The maximum absolute atomic E-state index is 3.52. The van der Waals surface area contributed by atoms with E-state index in [2.05, 4.69) is 353 Å². The van der Waals surface area contributed by atoms with E-state index < -0.39 is 0 Å². The fourth-order valence-electron chi connectivity index (χ4n) is 15.7. The van der Waals surface area contributed by atoms with Crippen LogP contribution in [-0.2, 0) is 0 Å². The Hall–Kier alpha value is -11.4. The minimum atomic E-state index is 1.18. The lowest BCUT2D eigenvalue weighted by molar-refractivity contribution is 1.17. The van der Waals surface area contributed by atoms with Crippen LogP contribution in [0.4, 0.5) is 0 Å². The fourth-order valence-corrected chi connectivity index (χ4v) is 16.2. The summed E-state index contributed by atoms with van der Waals surface area (Å²) in [6, 6.07) is 110. The number of hydrogen-bond acceptors (Lipinski definition) is 0. The molecule has 1 N–H and O–H groups in total. The molecule has 0 saturated carbocycles. The Bertz CT molecular complexity index is 6630. The predicted molar refractivity (Wildman–Crippen MR) is 394 cm³/mol. The van der Waals surface area contributed by atoms with Gasteiger partial charge in [0.05, 0.1) is 66.2 Å². The molecule has 6 nitrogen and oxygen atoms in total. The topological polar surface area (TPSA) is 39.4 Å². The molecule has 0 aliphatic heterocycles. The molecule has 0 amide bonds. The molecule has 0 aliphatic rings. The van der Waals surface area contributed by atoms with Crippen LogP contribution in [0.25, 0.3) is 180 Å². The molecule has 424 valence electrons. The lowest BCUT2D eigenvalue weighted by atomic mass is 10.1. The molecule has 22 rings (SSSR count).